The van der Waals surface area contributed by atoms with Crippen molar-refractivity contribution < 1.29 is 8.42 Å². The number of aromatic amines is 1. The number of nitrogens with two attached hydrogens (primary N) is 1. The summed E-state index contributed by atoms with van der Waals surface area (Å²) in [5.74, 6) is 0. The smallest absolute Gasteiger partial charge is 0.244 e. The standard InChI is InChI=1S/C14H21N3O2S/c1-3-4-5-8-17(2)20(18,19)14-10-16-13-7-6-11(15)9-12(13)14/h6-7,9-10,16H,3-5,8,15H2,1-2H3. The number of anilines is 1. The highest BCUT2D eigenvalue weighted by molar-refractivity contribution is 7.89. The minimum atomic E-state index is -3.47. The molecule has 0 saturated carbocycles. The molecule has 5 nitrogen and oxygen atoms in total. The summed E-state index contributed by atoms with van der Waals surface area (Å²) in [6.45, 7) is 2.63. The van der Waals surface area contributed by atoms with E-state index in [-0.39, 0.29) is 0 Å². The molecule has 110 valence electrons. The second kappa shape index (κ2) is 5.85. The van der Waals surface area contributed by atoms with Gasteiger partial charge in [0.2, 0.25) is 10.0 Å². The summed E-state index contributed by atoms with van der Waals surface area (Å²) >= 11 is 0. The molecule has 0 radical (unpaired) electrons. The normalized spacial score (nSPS) is 12.3. The molecule has 0 bridgehead atoms. The van der Waals surface area contributed by atoms with Gasteiger partial charge >= 0.3 is 0 Å². The molecule has 3 N–H and O–H groups in total. The molecule has 2 rings (SSSR count). The van der Waals surface area contributed by atoms with Gasteiger partial charge in [-0.2, -0.15) is 0 Å². The minimum Gasteiger partial charge on any atom is -0.399 e. The van der Waals surface area contributed by atoms with E-state index in [1.54, 1.807) is 25.2 Å². The topological polar surface area (TPSA) is 79.2 Å². The first-order valence-corrected chi connectivity index (χ1v) is 8.23. The Bertz CT molecular complexity index is 692. The highest BCUT2D eigenvalue weighted by atomic mass is 32.2. The van der Waals surface area contributed by atoms with Gasteiger partial charge in [-0.15, -0.1) is 0 Å². The lowest BCUT2D eigenvalue weighted by atomic mass is 10.2. The van der Waals surface area contributed by atoms with Gasteiger partial charge in [0.25, 0.3) is 0 Å². The van der Waals surface area contributed by atoms with Crippen molar-refractivity contribution in [2.24, 2.45) is 0 Å². The molecular weight excluding hydrogens is 274 g/mol. The number of benzene rings is 1. The molecule has 1 aromatic heterocycles. The highest BCUT2D eigenvalue weighted by Gasteiger charge is 2.23. The van der Waals surface area contributed by atoms with Crippen LogP contribution in [0.1, 0.15) is 26.2 Å². The largest absolute Gasteiger partial charge is 0.399 e. The van der Waals surface area contributed by atoms with Gasteiger partial charge in [-0.05, 0) is 24.6 Å². The molecule has 0 atom stereocenters. The van der Waals surface area contributed by atoms with Gasteiger partial charge < -0.3 is 10.7 Å². The molecule has 0 fully saturated rings. The van der Waals surface area contributed by atoms with Gasteiger partial charge in [-0.25, -0.2) is 12.7 Å². The maximum atomic E-state index is 12.6. The fraction of sp³-hybridized carbons (Fsp3) is 0.429. The van der Waals surface area contributed by atoms with E-state index in [4.69, 9.17) is 5.73 Å². The van der Waals surface area contributed by atoms with Gasteiger partial charge in [0, 0.05) is 36.4 Å². The Morgan fingerprint density at radius 2 is 2.05 bits per heavy atom. The number of fused-ring (bicyclic) bond motifs is 1. The molecule has 20 heavy (non-hydrogen) atoms. The van der Waals surface area contributed by atoms with Crippen LogP contribution in [0, 0.1) is 0 Å². The van der Waals surface area contributed by atoms with E-state index < -0.39 is 10.0 Å². The summed E-state index contributed by atoms with van der Waals surface area (Å²) in [7, 11) is -1.85. The molecule has 0 aliphatic carbocycles. The number of hydrogen-bond donors (Lipinski definition) is 2. The van der Waals surface area contributed by atoms with Gasteiger partial charge in [0.1, 0.15) is 4.90 Å². The molecule has 1 aromatic carbocycles. The van der Waals surface area contributed by atoms with Crippen molar-refractivity contribution in [3.05, 3.63) is 24.4 Å². The summed E-state index contributed by atoms with van der Waals surface area (Å²) in [6.07, 6.45) is 4.50. The predicted molar refractivity (Wildman–Crippen MR) is 82.1 cm³/mol. The van der Waals surface area contributed by atoms with Crippen LogP contribution in [0.25, 0.3) is 10.9 Å². The van der Waals surface area contributed by atoms with Crippen molar-refractivity contribution in [1.82, 2.24) is 9.29 Å². The van der Waals surface area contributed by atoms with Crippen molar-refractivity contribution in [2.75, 3.05) is 19.3 Å². The SMILES string of the molecule is CCCCCN(C)S(=O)(=O)c1c[nH]c2ccc(N)cc12. The zero-order valence-electron chi connectivity index (χ0n) is 11.9. The lowest BCUT2D eigenvalue weighted by Gasteiger charge is -2.16. The Hall–Kier alpha value is -1.53. The van der Waals surface area contributed by atoms with Crippen LogP contribution in [0.5, 0.6) is 0 Å². The van der Waals surface area contributed by atoms with Crippen molar-refractivity contribution in [2.45, 2.75) is 31.1 Å². The van der Waals surface area contributed by atoms with E-state index in [1.165, 1.54) is 10.5 Å². The molecule has 6 heteroatoms. The maximum absolute atomic E-state index is 12.6. The maximum Gasteiger partial charge on any atom is 0.244 e. The van der Waals surface area contributed by atoms with Gasteiger partial charge in [0.05, 0.1) is 0 Å². The number of H-pyrrole nitrogens is 1. The zero-order chi connectivity index (χ0) is 14.8. The van der Waals surface area contributed by atoms with E-state index in [0.717, 1.165) is 24.8 Å². The predicted octanol–water partition coefficient (Wildman–Crippen LogP) is 2.56. The molecule has 1 heterocycles. The van der Waals surface area contributed by atoms with Crippen LogP contribution in [-0.2, 0) is 10.0 Å². The van der Waals surface area contributed by atoms with Crippen LogP contribution < -0.4 is 5.73 Å². The van der Waals surface area contributed by atoms with Crippen LogP contribution in [0.15, 0.2) is 29.3 Å². The lowest BCUT2D eigenvalue weighted by molar-refractivity contribution is 0.455. The third-order valence-corrected chi connectivity index (χ3v) is 5.33. The first-order valence-electron chi connectivity index (χ1n) is 6.79. The Labute approximate surface area is 119 Å². The Morgan fingerprint density at radius 1 is 1.30 bits per heavy atom. The van der Waals surface area contributed by atoms with E-state index in [9.17, 15) is 8.42 Å². The lowest BCUT2D eigenvalue weighted by Crippen LogP contribution is -2.27. The van der Waals surface area contributed by atoms with Crippen molar-refractivity contribution in [3.8, 4) is 0 Å². The number of hydrogen-bond acceptors (Lipinski definition) is 3. The number of rotatable bonds is 6. The first-order chi connectivity index (χ1) is 9.46. The first kappa shape index (κ1) is 14.9. The molecule has 0 unspecified atom stereocenters. The quantitative estimate of drug-likeness (QED) is 0.635. The number of nitrogens with zero attached hydrogens (tertiary/aromatic N) is 1. The number of unbranched alkanes of at least 4 members (excludes halogenated alkanes) is 2. The monoisotopic (exact) mass is 295 g/mol. The number of aromatic nitrogens is 1. The fourth-order valence-corrected chi connectivity index (χ4v) is 3.56. The molecule has 2 aromatic rings. The number of nitrogens with one attached hydrogen (secondary N) is 1. The van der Waals surface area contributed by atoms with Crippen LogP contribution >= 0.6 is 0 Å². The van der Waals surface area contributed by atoms with Crippen LogP contribution in [0.3, 0.4) is 0 Å². The molecule has 0 aliphatic rings. The van der Waals surface area contributed by atoms with E-state index >= 15 is 0 Å². The Morgan fingerprint density at radius 3 is 2.75 bits per heavy atom. The van der Waals surface area contributed by atoms with Gasteiger partial charge in [-0.3, -0.25) is 0 Å². The third-order valence-electron chi connectivity index (χ3n) is 3.43. The van der Waals surface area contributed by atoms with Crippen molar-refractivity contribution >= 4 is 26.6 Å². The second-order valence-corrected chi connectivity index (χ2v) is 7.00. The van der Waals surface area contributed by atoms with Crippen LogP contribution in [0.4, 0.5) is 5.69 Å². The number of nitrogen functional groups attached to an aromatic ring is 1. The van der Waals surface area contributed by atoms with E-state index in [1.807, 2.05) is 0 Å². The summed E-state index contributed by atoms with van der Waals surface area (Å²) in [5, 5.41) is 0.646. The van der Waals surface area contributed by atoms with Gasteiger partial charge in [0.15, 0.2) is 0 Å². The summed E-state index contributed by atoms with van der Waals surface area (Å²) in [4.78, 5) is 3.27. The van der Waals surface area contributed by atoms with Crippen LogP contribution in [0.2, 0.25) is 0 Å². The molecular formula is C14H21N3O2S. The van der Waals surface area contributed by atoms with Crippen LogP contribution in [-0.4, -0.2) is 31.3 Å². The van der Waals surface area contributed by atoms with E-state index in [2.05, 4.69) is 11.9 Å². The Kier molecular flexibility index (Phi) is 4.35. The molecule has 0 aliphatic heterocycles. The zero-order valence-corrected chi connectivity index (χ0v) is 12.7. The average Bonchev–Trinajstić information content (AvgIpc) is 2.82. The summed E-state index contributed by atoms with van der Waals surface area (Å²) in [5.41, 5.74) is 7.08. The average molecular weight is 295 g/mol. The Balaban J connectivity index is 2.34. The minimum absolute atomic E-state index is 0.291. The van der Waals surface area contributed by atoms with Gasteiger partial charge in [-0.1, -0.05) is 19.8 Å². The second-order valence-electron chi connectivity index (χ2n) is 4.99. The number of sulfonamides is 1. The third kappa shape index (κ3) is 2.81. The highest BCUT2D eigenvalue weighted by Crippen LogP contribution is 2.26. The van der Waals surface area contributed by atoms with Crippen molar-refractivity contribution in [3.63, 3.8) is 0 Å². The molecule has 0 spiro atoms. The summed E-state index contributed by atoms with van der Waals surface area (Å²) in [6, 6.07) is 5.24. The molecule has 0 saturated heterocycles. The van der Waals surface area contributed by atoms with Crippen molar-refractivity contribution in [1.29, 1.82) is 0 Å². The fourth-order valence-electron chi connectivity index (χ4n) is 2.20. The van der Waals surface area contributed by atoms with E-state index in [0.29, 0.717) is 22.5 Å². The molecule has 0 amide bonds. The summed E-state index contributed by atoms with van der Waals surface area (Å²) < 4.78 is 26.6.